The molecule has 0 saturated heterocycles. The molecule has 0 saturated carbocycles. The summed E-state index contributed by atoms with van der Waals surface area (Å²) >= 11 is 2.98. The third kappa shape index (κ3) is 5.01. The minimum absolute atomic E-state index is 0.158. The summed E-state index contributed by atoms with van der Waals surface area (Å²) in [4.78, 5) is 12.3. The van der Waals surface area contributed by atoms with Gasteiger partial charge in [-0.2, -0.15) is 0 Å². The lowest BCUT2D eigenvalue weighted by molar-refractivity contribution is 0.102. The van der Waals surface area contributed by atoms with E-state index in [-0.39, 0.29) is 5.91 Å². The number of rotatable bonds is 6. The molecule has 3 aromatic rings. The van der Waals surface area contributed by atoms with E-state index in [0.717, 1.165) is 15.7 Å². The van der Waals surface area contributed by atoms with E-state index >= 15 is 0 Å². The topological polar surface area (TPSA) is 54.9 Å². The summed E-state index contributed by atoms with van der Waals surface area (Å²) < 4.78 is 0.831. The summed E-state index contributed by atoms with van der Waals surface area (Å²) in [6.07, 6.45) is 4.17. The fourth-order valence-corrected chi connectivity index (χ4v) is 3.76. The van der Waals surface area contributed by atoms with Crippen molar-refractivity contribution in [1.29, 1.82) is 0 Å². The molecule has 1 amide bonds. The maximum absolute atomic E-state index is 12.3. The molecule has 0 fully saturated rings. The molecule has 0 spiro atoms. The Hall–Kier alpha value is -2.44. The number of thioether (sulfide) groups is 1. The van der Waals surface area contributed by atoms with E-state index in [4.69, 9.17) is 0 Å². The molecule has 3 rings (SSSR count). The third-order valence-corrected chi connectivity index (χ3v) is 5.35. The molecule has 0 bridgehead atoms. The Balaban J connectivity index is 1.53. The smallest absolute Gasteiger partial charge is 0.257 e. The van der Waals surface area contributed by atoms with E-state index in [2.05, 4.69) is 39.8 Å². The Morgan fingerprint density at radius 1 is 1.12 bits per heavy atom. The number of aromatic nitrogens is 2. The standard InChI is InChI=1S/C19H17N3OS2/c1-14-8-5-6-12-16(14)17(23)20-18-21-22-19(25-18)24-13-7-11-15-9-3-2-4-10-15/h2-12H,13H2,1H3,(H,20,21,23)/b11-7+. The number of hydrogen-bond donors (Lipinski definition) is 1. The molecule has 0 aliphatic rings. The zero-order valence-electron chi connectivity index (χ0n) is 13.7. The lowest BCUT2D eigenvalue weighted by Gasteiger charge is -2.03. The molecular formula is C19H17N3OS2. The van der Waals surface area contributed by atoms with Crippen molar-refractivity contribution < 1.29 is 4.79 Å². The lowest BCUT2D eigenvalue weighted by atomic mass is 10.1. The second kappa shape index (κ2) is 8.60. The lowest BCUT2D eigenvalue weighted by Crippen LogP contribution is -2.12. The summed E-state index contributed by atoms with van der Waals surface area (Å²) in [5.74, 6) is 0.643. The van der Waals surface area contributed by atoms with Crippen molar-refractivity contribution in [2.75, 3.05) is 11.1 Å². The SMILES string of the molecule is Cc1ccccc1C(=O)Nc1nnc(SC/C=C/c2ccccc2)s1. The van der Waals surface area contributed by atoms with Crippen LogP contribution in [0.1, 0.15) is 21.5 Å². The van der Waals surface area contributed by atoms with Crippen molar-refractivity contribution in [3.05, 3.63) is 77.4 Å². The van der Waals surface area contributed by atoms with E-state index in [0.29, 0.717) is 10.7 Å². The van der Waals surface area contributed by atoms with Gasteiger partial charge >= 0.3 is 0 Å². The Morgan fingerprint density at radius 2 is 1.88 bits per heavy atom. The number of hydrogen-bond acceptors (Lipinski definition) is 5. The molecule has 1 heterocycles. The highest BCUT2D eigenvalue weighted by atomic mass is 32.2. The summed E-state index contributed by atoms with van der Waals surface area (Å²) in [6, 6.07) is 17.6. The summed E-state index contributed by atoms with van der Waals surface area (Å²) in [6.45, 7) is 1.91. The van der Waals surface area contributed by atoms with Gasteiger partial charge in [0, 0.05) is 11.3 Å². The van der Waals surface area contributed by atoms with Crippen LogP contribution in [0.3, 0.4) is 0 Å². The van der Waals surface area contributed by atoms with Gasteiger partial charge in [0.1, 0.15) is 0 Å². The predicted molar refractivity (Wildman–Crippen MR) is 105 cm³/mol. The van der Waals surface area contributed by atoms with Gasteiger partial charge in [-0.1, -0.05) is 83.8 Å². The van der Waals surface area contributed by atoms with Crippen LogP contribution in [0, 0.1) is 6.92 Å². The zero-order valence-corrected chi connectivity index (χ0v) is 15.3. The van der Waals surface area contributed by atoms with E-state index in [9.17, 15) is 4.79 Å². The van der Waals surface area contributed by atoms with Gasteiger partial charge in [-0.05, 0) is 24.1 Å². The molecule has 4 nitrogen and oxygen atoms in total. The third-order valence-electron chi connectivity index (χ3n) is 3.43. The van der Waals surface area contributed by atoms with Crippen LogP contribution in [0.5, 0.6) is 0 Å². The van der Waals surface area contributed by atoms with E-state index in [1.165, 1.54) is 16.9 Å². The van der Waals surface area contributed by atoms with Gasteiger partial charge in [-0.25, -0.2) is 0 Å². The van der Waals surface area contributed by atoms with Gasteiger partial charge < -0.3 is 0 Å². The van der Waals surface area contributed by atoms with Crippen molar-refractivity contribution in [2.45, 2.75) is 11.3 Å². The number of benzene rings is 2. The zero-order chi connectivity index (χ0) is 17.5. The molecule has 1 N–H and O–H groups in total. The number of carbonyl (C=O) groups excluding carboxylic acids is 1. The molecule has 0 atom stereocenters. The van der Waals surface area contributed by atoms with Crippen LogP contribution >= 0.6 is 23.1 Å². The Labute approximate surface area is 155 Å². The van der Waals surface area contributed by atoms with E-state index < -0.39 is 0 Å². The number of amides is 1. The van der Waals surface area contributed by atoms with Gasteiger partial charge in [0.25, 0.3) is 5.91 Å². The fourth-order valence-electron chi connectivity index (χ4n) is 2.18. The minimum Gasteiger partial charge on any atom is -0.296 e. The Morgan fingerprint density at radius 3 is 2.68 bits per heavy atom. The van der Waals surface area contributed by atoms with Crippen molar-refractivity contribution in [3.8, 4) is 0 Å². The maximum atomic E-state index is 12.3. The second-order valence-electron chi connectivity index (χ2n) is 5.27. The average Bonchev–Trinajstić information content (AvgIpc) is 3.07. The van der Waals surface area contributed by atoms with Gasteiger partial charge in [0.05, 0.1) is 0 Å². The highest BCUT2D eigenvalue weighted by molar-refractivity contribution is 8.01. The molecule has 0 aliphatic carbocycles. The van der Waals surface area contributed by atoms with Crippen molar-refractivity contribution >= 4 is 40.2 Å². The largest absolute Gasteiger partial charge is 0.296 e. The molecule has 0 unspecified atom stereocenters. The van der Waals surface area contributed by atoms with Crippen molar-refractivity contribution in [3.63, 3.8) is 0 Å². The predicted octanol–water partition coefficient (Wildman–Crippen LogP) is 4.90. The second-order valence-corrected chi connectivity index (χ2v) is 7.51. The van der Waals surface area contributed by atoms with Gasteiger partial charge in [-0.3, -0.25) is 10.1 Å². The average molecular weight is 367 g/mol. The number of anilines is 1. The van der Waals surface area contributed by atoms with Crippen LogP contribution in [-0.2, 0) is 0 Å². The van der Waals surface area contributed by atoms with Gasteiger partial charge in [-0.15, -0.1) is 10.2 Å². The van der Waals surface area contributed by atoms with Crippen LogP contribution in [0.4, 0.5) is 5.13 Å². The molecule has 25 heavy (non-hydrogen) atoms. The number of carbonyl (C=O) groups is 1. The van der Waals surface area contributed by atoms with Crippen LogP contribution in [0.25, 0.3) is 6.08 Å². The Bertz CT molecular complexity index is 875. The molecular weight excluding hydrogens is 350 g/mol. The fraction of sp³-hybridized carbons (Fsp3) is 0.105. The van der Waals surface area contributed by atoms with Gasteiger partial charge in [0.2, 0.25) is 5.13 Å². The van der Waals surface area contributed by atoms with Crippen molar-refractivity contribution in [1.82, 2.24) is 10.2 Å². The first-order valence-corrected chi connectivity index (χ1v) is 9.57. The summed E-state index contributed by atoms with van der Waals surface area (Å²) in [7, 11) is 0. The quantitative estimate of drug-likeness (QED) is 0.497. The maximum Gasteiger partial charge on any atom is 0.257 e. The first kappa shape index (κ1) is 17.4. The normalized spacial score (nSPS) is 10.9. The summed E-state index contributed by atoms with van der Waals surface area (Å²) in [5.41, 5.74) is 2.76. The molecule has 126 valence electrons. The highest BCUT2D eigenvalue weighted by Crippen LogP contribution is 2.26. The van der Waals surface area contributed by atoms with E-state index in [1.807, 2.05) is 43.3 Å². The van der Waals surface area contributed by atoms with Crippen molar-refractivity contribution in [2.24, 2.45) is 0 Å². The van der Waals surface area contributed by atoms with Crippen LogP contribution < -0.4 is 5.32 Å². The highest BCUT2D eigenvalue weighted by Gasteiger charge is 2.11. The molecule has 6 heteroatoms. The molecule has 0 radical (unpaired) electrons. The first-order chi connectivity index (χ1) is 12.2. The van der Waals surface area contributed by atoms with Crippen LogP contribution in [0.15, 0.2) is 65.0 Å². The van der Waals surface area contributed by atoms with Crippen LogP contribution in [-0.4, -0.2) is 21.9 Å². The minimum atomic E-state index is -0.158. The first-order valence-electron chi connectivity index (χ1n) is 7.77. The Kier molecular flexibility index (Phi) is 5.98. The molecule has 2 aromatic carbocycles. The van der Waals surface area contributed by atoms with E-state index in [1.54, 1.807) is 17.8 Å². The van der Waals surface area contributed by atoms with Crippen LogP contribution in [0.2, 0.25) is 0 Å². The number of aryl methyl sites for hydroxylation is 1. The number of nitrogens with one attached hydrogen (secondary N) is 1. The van der Waals surface area contributed by atoms with Gasteiger partial charge in [0.15, 0.2) is 4.34 Å². The molecule has 1 aromatic heterocycles. The molecule has 0 aliphatic heterocycles. The monoisotopic (exact) mass is 367 g/mol. The number of nitrogens with zero attached hydrogens (tertiary/aromatic N) is 2. The summed E-state index contributed by atoms with van der Waals surface area (Å²) in [5, 5.41) is 11.5.